The Kier molecular flexibility index (Phi) is 5.16. The van der Waals surface area contributed by atoms with E-state index in [2.05, 4.69) is 15.5 Å². The molecule has 0 aliphatic carbocycles. The standard InChI is InChI=1S/C12H14N4O3S3/c1-7(20-12-16-15-8(2)21-12)11(17)14-9-4-3-5-10(6-9)22(13,18)19/h3-7H,1-2H3,(H,14,17)(H2,13,18,19)/t7-/m0/s1. The minimum absolute atomic E-state index is 0.0506. The number of amides is 1. The minimum atomic E-state index is -3.80. The highest BCUT2D eigenvalue weighted by molar-refractivity contribution is 8.02. The van der Waals surface area contributed by atoms with Gasteiger partial charge in [-0.2, -0.15) is 0 Å². The second-order valence-electron chi connectivity index (χ2n) is 4.41. The third-order valence-electron chi connectivity index (χ3n) is 2.58. The van der Waals surface area contributed by atoms with Gasteiger partial charge in [-0.3, -0.25) is 4.79 Å². The molecule has 118 valence electrons. The number of carbonyl (C=O) groups is 1. The van der Waals surface area contributed by atoms with E-state index >= 15 is 0 Å². The molecule has 1 aromatic heterocycles. The summed E-state index contributed by atoms with van der Waals surface area (Å²) in [7, 11) is -3.80. The van der Waals surface area contributed by atoms with Crippen LogP contribution in [0.25, 0.3) is 0 Å². The molecule has 2 rings (SSSR count). The van der Waals surface area contributed by atoms with Crippen LogP contribution < -0.4 is 10.5 Å². The molecule has 1 atom stereocenters. The third-order valence-corrected chi connectivity index (χ3v) is 5.52. The Morgan fingerprint density at radius 3 is 2.73 bits per heavy atom. The van der Waals surface area contributed by atoms with Gasteiger partial charge in [-0.25, -0.2) is 13.6 Å². The van der Waals surface area contributed by atoms with Gasteiger partial charge in [0.1, 0.15) is 5.01 Å². The number of nitrogens with two attached hydrogens (primary N) is 1. The monoisotopic (exact) mass is 358 g/mol. The average molecular weight is 358 g/mol. The minimum Gasteiger partial charge on any atom is -0.325 e. The van der Waals surface area contributed by atoms with Crippen LogP contribution in [0.3, 0.4) is 0 Å². The molecule has 3 N–H and O–H groups in total. The first-order chi connectivity index (χ1) is 10.3. The number of carbonyl (C=O) groups excluding carboxylic acids is 1. The quantitative estimate of drug-likeness (QED) is 0.785. The van der Waals surface area contributed by atoms with Crippen molar-refractivity contribution in [3.63, 3.8) is 0 Å². The number of hydrogen-bond acceptors (Lipinski definition) is 7. The van der Waals surface area contributed by atoms with Gasteiger partial charge in [0.15, 0.2) is 4.34 Å². The van der Waals surface area contributed by atoms with Gasteiger partial charge in [-0.05, 0) is 32.0 Å². The van der Waals surface area contributed by atoms with Crippen molar-refractivity contribution in [2.45, 2.75) is 28.3 Å². The summed E-state index contributed by atoms with van der Waals surface area (Å²) in [5, 5.41) is 16.0. The van der Waals surface area contributed by atoms with Gasteiger partial charge in [0, 0.05) is 5.69 Å². The molecule has 1 aromatic carbocycles. The van der Waals surface area contributed by atoms with E-state index in [0.29, 0.717) is 10.0 Å². The summed E-state index contributed by atoms with van der Waals surface area (Å²) in [6.07, 6.45) is 0. The molecule has 0 aliphatic rings. The third kappa shape index (κ3) is 4.50. The van der Waals surface area contributed by atoms with Crippen molar-refractivity contribution in [3.05, 3.63) is 29.3 Å². The summed E-state index contributed by atoms with van der Waals surface area (Å²) in [5.74, 6) is -0.260. The van der Waals surface area contributed by atoms with Crippen molar-refractivity contribution < 1.29 is 13.2 Å². The number of nitrogens with zero attached hydrogens (tertiary/aromatic N) is 2. The predicted molar refractivity (Wildman–Crippen MR) is 86.4 cm³/mol. The molecule has 2 aromatic rings. The molecule has 0 radical (unpaired) electrons. The number of aromatic nitrogens is 2. The normalized spacial score (nSPS) is 12.9. The largest absolute Gasteiger partial charge is 0.325 e. The van der Waals surface area contributed by atoms with Gasteiger partial charge >= 0.3 is 0 Å². The highest BCUT2D eigenvalue weighted by Gasteiger charge is 2.17. The fourth-order valence-corrected chi connectivity index (χ4v) is 4.04. The van der Waals surface area contributed by atoms with E-state index in [9.17, 15) is 13.2 Å². The van der Waals surface area contributed by atoms with Crippen LogP contribution in [0.2, 0.25) is 0 Å². The van der Waals surface area contributed by atoms with Gasteiger partial charge < -0.3 is 5.32 Å². The summed E-state index contributed by atoms with van der Waals surface area (Å²) in [6, 6.07) is 5.80. The topological polar surface area (TPSA) is 115 Å². The SMILES string of the molecule is Cc1nnc(S[C@@H](C)C(=O)Nc2cccc(S(N)(=O)=O)c2)s1. The van der Waals surface area contributed by atoms with Gasteiger partial charge in [0.25, 0.3) is 0 Å². The molecular formula is C12H14N4O3S3. The van der Waals surface area contributed by atoms with Crippen LogP contribution >= 0.6 is 23.1 Å². The Labute approximate surface area is 136 Å². The predicted octanol–water partition coefficient (Wildman–Crippen LogP) is 1.61. The van der Waals surface area contributed by atoms with E-state index < -0.39 is 15.3 Å². The first kappa shape index (κ1) is 16.9. The van der Waals surface area contributed by atoms with E-state index in [1.54, 1.807) is 13.0 Å². The van der Waals surface area contributed by atoms with Crippen molar-refractivity contribution in [3.8, 4) is 0 Å². The number of sulfonamides is 1. The molecule has 0 bridgehead atoms. The van der Waals surface area contributed by atoms with E-state index in [-0.39, 0.29) is 10.8 Å². The number of nitrogens with one attached hydrogen (secondary N) is 1. The highest BCUT2D eigenvalue weighted by Crippen LogP contribution is 2.27. The van der Waals surface area contributed by atoms with Crippen LogP contribution in [0, 0.1) is 6.92 Å². The van der Waals surface area contributed by atoms with E-state index in [4.69, 9.17) is 5.14 Å². The second-order valence-corrected chi connectivity index (χ2v) is 8.74. The van der Waals surface area contributed by atoms with Crippen LogP contribution in [-0.4, -0.2) is 29.8 Å². The average Bonchev–Trinajstić information content (AvgIpc) is 2.83. The van der Waals surface area contributed by atoms with Crippen LogP contribution in [0.1, 0.15) is 11.9 Å². The fourth-order valence-electron chi connectivity index (χ4n) is 1.53. The molecule has 1 amide bonds. The lowest BCUT2D eigenvalue weighted by atomic mass is 10.3. The van der Waals surface area contributed by atoms with Crippen molar-refractivity contribution in [2.75, 3.05) is 5.32 Å². The van der Waals surface area contributed by atoms with Gasteiger partial charge in [-0.1, -0.05) is 29.2 Å². The Bertz CT molecular complexity index is 788. The lowest BCUT2D eigenvalue weighted by Gasteiger charge is -2.10. The van der Waals surface area contributed by atoms with Crippen molar-refractivity contribution in [1.29, 1.82) is 0 Å². The van der Waals surface area contributed by atoms with Gasteiger partial charge in [0.2, 0.25) is 15.9 Å². The number of rotatable bonds is 5. The highest BCUT2D eigenvalue weighted by atomic mass is 32.2. The molecule has 1 heterocycles. The summed E-state index contributed by atoms with van der Waals surface area (Å²) in [5.41, 5.74) is 0.373. The zero-order valence-electron chi connectivity index (χ0n) is 11.8. The summed E-state index contributed by atoms with van der Waals surface area (Å²) in [6.45, 7) is 3.57. The second kappa shape index (κ2) is 6.73. The lowest BCUT2D eigenvalue weighted by molar-refractivity contribution is -0.115. The van der Waals surface area contributed by atoms with Crippen molar-refractivity contribution in [1.82, 2.24) is 10.2 Å². The maximum Gasteiger partial charge on any atom is 0.238 e. The van der Waals surface area contributed by atoms with Crippen LogP contribution in [-0.2, 0) is 14.8 Å². The molecule has 22 heavy (non-hydrogen) atoms. The number of thioether (sulfide) groups is 1. The molecule has 0 spiro atoms. The van der Waals surface area contributed by atoms with E-state index in [1.807, 2.05) is 6.92 Å². The number of primary sulfonamides is 1. The maximum atomic E-state index is 12.1. The number of aryl methyl sites for hydroxylation is 1. The number of benzene rings is 1. The van der Waals surface area contributed by atoms with Gasteiger partial charge in [0.05, 0.1) is 10.1 Å². The van der Waals surface area contributed by atoms with Crippen molar-refractivity contribution >= 4 is 44.7 Å². The molecule has 0 unspecified atom stereocenters. The maximum absolute atomic E-state index is 12.1. The first-order valence-corrected chi connectivity index (χ1v) is 9.40. The molecule has 10 heteroatoms. The number of anilines is 1. The Balaban J connectivity index is 2.05. The van der Waals surface area contributed by atoms with Crippen LogP contribution in [0.15, 0.2) is 33.5 Å². The number of hydrogen-bond donors (Lipinski definition) is 2. The molecule has 0 fully saturated rings. The summed E-state index contributed by atoms with van der Waals surface area (Å²) < 4.78 is 23.3. The van der Waals surface area contributed by atoms with E-state index in [0.717, 1.165) is 5.01 Å². The van der Waals surface area contributed by atoms with E-state index in [1.165, 1.54) is 41.3 Å². The summed E-state index contributed by atoms with van der Waals surface area (Å²) in [4.78, 5) is 12.1. The van der Waals surface area contributed by atoms with Gasteiger partial charge in [-0.15, -0.1) is 10.2 Å². The lowest BCUT2D eigenvalue weighted by Crippen LogP contribution is -2.22. The van der Waals surface area contributed by atoms with Crippen LogP contribution in [0.5, 0.6) is 0 Å². The van der Waals surface area contributed by atoms with Crippen molar-refractivity contribution in [2.24, 2.45) is 5.14 Å². The Morgan fingerprint density at radius 1 is 1.41 bits per heavy atom. The first-order valence-electron chi connectivity index (χ1n) is 6.16. The smallest absolute Gasteiger partial charge is 0.238 e. The fraction of sp³-hybridized carbons (Fsp3) is 0.250. The molecule has 0 saturated carbocycles. The zero-order chi connectivity index (χ0) is 16.3. The molecular weight excluding hydrogens is 344 g/mol. The molecule has 0 aliphatic heterocycles. The summed E-state index contributed by atoms with van der Waals surface area (Å²) >= 11 is 2.70. The molecule has 7 nitrogen and oxygen atoms in total. The van der Waals surface area contributed by atoms with Crippen LogP contribution in [0.4, 0.5) is 5.69 Å². The molecule has 0 saturated heterocycles. The zero-order valence-corrected chi connectivity index (χ0v) is 14.3. The Hall–Kier alpha value is -1.49. The Morgan fingerprint density at radius 2 is 2.14 bits per heavy atom.